The van der Waals surface area contributed by atoms with Crippen molar-refractivity contribution in [3.05, 3.63) is 41.5 Å². The molecular formula is C16H24N4O. The van der Waals surface area contributed by atoms with Crippen LogP contribution in [0, 0.1) is 6.92 Å². The molecule has 2 heterocycles. The first-order chi connectivity index (χ1) is 10.2. The number of ether oxygens (including phenoxy) is 1. The molecule has 0 radical (unpaired) electrons. The van der Waals surface area contributed by atoms with Crippen molar-refractivity contribution in [2.24, 2.45) is 0 Å². The van der Waals surface area contributed by atoms with Gasteiger partial charge in [0.05, 0.1) is 19.3 Å². The summed E-state index contributed by atoms with van der Waals surface area (Å²) in [5.74, 6) is 0.811. The lowest BCUT2D eigenvalue weighted by Crippen LogP contribution is -2.26. The first kappa shape index (κ1) is 15.5. The molecule has 1 atom stereocenters. The Morgan fingerprint density at radius 1 is 1.29 bits per heavy atom. The third-order valence-electron chi connectivity index (χ3n) is 3.50. The molecule has 0 aliphatic rings. The van der Waals surface area contributed by atoms with Crippen LogP contribution in [-0.4, -0.2) is 28.4 Å². The zero-order valence-electron chi connectivity index (χ0n) is 13.3. The molecule has 114 valence electrons. The van der Waals surface area contributed by atoms with Crippen LogP contribution in [0.5, 0.6) is 5.75 Å². The summed E-state index contributed by atoms with van der Waals surface area (Å²) in [4.78, 5) is 4.42. The van der Waals surface area contributed by atoms with Crippen LogP contribution in [0.3, 0.4) is 0 Å². The Balaban J connectivity index is 2.44. The molecule has 5 nitrogen and oxygen atoms in total. The van der Waals surface area contributed by atoms with Crippen LogP contribution >= 0.6 is 0 Å². The van der Waals surface area contributed by atoms with E-state index >= 15 is 0 Å². The second-order valence-corrected chi connectivity index (χ2v) is 5.03. The number of pyridine rings is 1. The van der Waals surface area contributed by atoms with Gasteiger partial charge >= 0.3 is 0 Å². The van der Waals surface area contributed by atoms with Gasteiger partial charge in [-0.1, -0.05) is 13.0 Å². The summed E-state index contributed by atoms with van der Waals surface area (Å²) in [6.45, 7) is 7.97. The minimum absolute atomic E-state index is 0.0375. The minimum Gasteiger partial charge on any atom is -0.493 e. The monoisotopic (exact) mass is 288 g/mol. The molecular weight excluding hydrogens is 264 g/mol. The molecule has 2 rings (SSSR count). The average Bonchev–Trinajstić information content (AvgIpc) is 2.92. The van der Waals surface area contributed by atoms with Gasteiger partial charge in [0.15, 0.2) is 5.75 Å². The van der Waals surface area contributed by atoms with Crippen molar-refractivity contribution in [2.45, 2.75) is 39.8 Å². The third-order valence-corrected chi connectivity index (χ3v) is 3.50. The van der Waals surface area contributed by atoms with E-state index in [-0.39, 0.29) is 6.04 Å². The van der Waals surface area contributed by atoms with E-state index in [2.05, 4.69) is 35.3 Å². The second-order valence-electron chi connectivity index (χ2n) is 5.03. The van der Waals surface area contributed by atoms with E-state index in [0.29, 0.717) is 0 Å². The van der Waals surface area contributed by atoms with Crippen molar-refractivity contribution in [1.29, 1.82) is 0 Å². The Morgan fingerprint density at radius 3 is 2.67 bits per heavy atom. The van der Waals surface area contributed by atoms with Gasteiger partial charge in [-0.2, -0.15) is 5.10 Å². The van der Waals surface area contributed by atoms with Crippen molar-refractivity contribution in [1.82, 2.24) is 20.1 Å². The van der Waals surface area contributed by atoms with Crippen LogP contribution in [0.25, 0.3) is 0 Å². The maximum absolute atomic E-state index is 5.49. The average molecular weight is 288 g/mol. The van der Waals surface area contributed by atoms with E-state index in [1.807, 2.05) is 23.9 Å². The Kier molecular flexibility index (Phi) is 5.33. The molecule has 21 heavy (non-hydrogen) atoms. The molecule has 5 heteroatoms. The molecule has 1 N–H and O–H groups in total. The topological polar surface area (TPSA) is 52.0 Å². The highest BCUT2D eigenvalue weighted by Crippen LogP contribution is 2.29. The SMILES string of the molecule is CCCNC(c1ccc(C)nc1)c1c(OC)cnn1CC. The highest BCUT2D eigenvalue weighted by atomic mass is 16.5. The Morgan fingerprint density at radius 2 is 2.10 bits per heavy atom. The van der Waals surface area contributed by atoms with Crippen molar-refractivity contribution >= 4 is 0 Å². The fourth-order valence-corrected chi connectivity index (χ4v) is 2.39. The van der Waals surface area contributed by atoms with Gasteiger partial charge in [-0.3, -0.25) is 9.67 Å². The smallest absolute Gasteiger partial charge is 0.161 e. The summed E-state index contributed by atoms with van der Waals surface area (Å²) in [7, 11) is 1.69. The lowest BCUT2D eigenvalue weighted by Gasteiger charge is -2.21. The number of hydrogen-bond acceptors (Lipinski definition) is 4. The summed E-state index contributed by atoms with van der Waals surface area (Å²) in [5.41, 5.74) is 3.20. The maximum Gasteiger partial charge on any atom is 0.161 e. The lowest BCUT2D eigenvalue weighted by molar-refractivity contribution is 0.398. The van der Waals surface area contributed by atoms with E-state index < -0.39 is 0 Å². The van der Waals surface area contributed by atoms with Gasteiger partial charge in [0.1, 0.15) is 5.69 Å². The molecule has 2 aromatic heterocycles. The molecule has 0 aliphatic heterocycles. The minimum atomic E-state index is 0.0375. The Bertz CT molecular complexity index is 541. The standard InChI is InChI=1S/C16H24N4O/c1-5-9-17-15(13-8-7-12(3)18-10-13)16-14(21-4)11-19-20(16)6-2/h7-8,10-11,15,17H,5-6,9H2,1-4H3. The first-order valence-corrected chi connectivity index (χ1v) is 7.46. The van der Waals surface area contributed by atoms with E-state index in [4.69, 9.17) is 4.74 Å². The molecule has 0 amide bonds. The van der Waals surface area contributed by atoms with E-state index in [1.165, 1.54) is 0 Å². The normalized spacial score (nSPS) is 12.4. The predicted molar refractivity (Wildman–Crippen MR) is 83.6 cm³/mol. The number of nitrogens with one attached hydrogen (secondary N) is 1. The number of aryl methyl sites for hydroxylation is 2. The number of hydrogen-bond donors (Lipinski definition) is 1. The first-order valence-electron chi connectivity index (χ1n) is 7.46. The van der Waals surface area contributed by atoms with Crippen molar-refractivity contribution in [3.8, 4) is 5.75 Å². The number of aromatic nitrogens is 3. The van der Waals surface area contributed by atoms with Crippen LogP contribution in [0.4, 0.5) is 0 Å². The van der Waals surface area contributed by atoms with Crippen LogP contribution in [-0.2, 0) is 6.54 Å². The number of rotatable bonds is 7. The lowest BCUT2D eigenvalue weighted by atomic mass is 10.0. The molecule has 2 aromatic rings. The highest BCUT2D eigenvalue weighted by molar-refractivity contribution is 5.35. The van der Waals surface area contributed by atoms with Crippen molar-refractivity contribution < 1.29 is 4.74 Å². The summed E-state index contributed by atoms with van der Waals surface area (Å²) < 4.78 is 7.47. The Labute approximate surface area is 126 Å². The van der Waals surface area contributed by atoms with Crippen LogP contribution in [0.1, 0.15) is 43.3 Å². The van der Waals surface area contributed by atoms with Crippen molar-refractivity contribution in [2.75, 3.05) is 13.7 Å². The van der Waals surface area contributed by atoms with Crippen molar-refractivity contribution in [3.63, 3.8) is 0 Å². The van der Waals surface area contributed by atoms with Crippen LogP contribution in [0.15, 0.2) is 24.5 Å². The maximum atomic E-state index is 5.49. The largest absolute Gasteiger partial charge is 0.493 e. The van der Waals surface area contributed by atoms with Gasteiger partial charge in [-0.05, 0) is 38.4 Å². The van der Waals surface area contributed by atoms with Gasteiger partial charge in [0, 0.05) is 18.4 Å². The van der Waals surface area contributed by atoms with Gasteiger partial charge in [0.25, 0.3) is 0 Å². The molecule has 0 saturated carbocycles. The fraction of sp³-hybridized carbons (Fsp3) is 0.500. The zero-order valence-corrected chi connectivity index (χ0v) is 13.3. The van der Waals surface area contributed by atoms with E-state index in [0.717, 1.165) is 42.2 Å². The highest BCUT2D eigenvalue weighted by Gasteiger charge is 2.23. The third kappa shape index (κ3) is 3.42. The molecule has 0 fully saturated rings. The molecule has 0 aromatic carbocycles. The molecule has 0 aliphatic carbocycles. The second kappa shape index (κ2) is 7.22. The quantitative estimate of drug-likeness (QED) is 0.851. The molecule has 0 saturated heterocycles. The summed E-state index contributed by atoms with van der Waals surface area (Å²) in [6, 6.07) is 4.19. The van der Waals surface area contributed by atoms with E-state index in [9.17, 15) is 0 Å². The fourth-order valence-electron chi connectivity index (χ4n) is 2.39. The summed E-state index contributed by atoms with van der Waals surface area (Å²) in [6.07, 6.45) is 4.77. The Hall–Kier alpha value is -1.88. The number of methoxy groups -OCH3 is 1. The van der Waals surface area contributed by atoms with Gasteiger partial charge in [0.2, 0.25) is 0 Å². The van der Waals surface area contributed by atoms with Gasteiger partial charge in [-0.25, -0.2) is 0 Å². The molecule has 0 spiro atoms. The summed E-state index contributed by atoms with van der Waals surface area (Å²) >= 11 is 0. The van der Waals surface area contributed by atoms with Crippen LogP contribution < -0.4 is 10.1 Å². The van der Waals surface area contributed by atoms with E-state index in [1.54, 1.807) is 13.3 Å². The summed E-state index contributed by atoms with van der Waals surface area (Å²) in [5, 5.41) is 7.98. The van der Waals surface area contributed by atoms with Gasteiger partial charge in [-0.15, -0.1) is 0 Å². The predicted octanol–water partition coefficient (Wildman–Crippen LogP) is 2.70. The molecule has 0 bridgehead atoms. The van der Waals surface area contributed by atoms with Gasteiger partial charge < -0.3 is 10.1 Å². The number of nitrogens with zero attached hydrogens (tertiary/aromatic N) is 3. The molecule has 1 unspecified atom stereocenters. The van der Waals surface area contributed by atoms with Crippen LogP contribution in [0.2, 0.25) is 0 Å². The zero-order chi connectivity index (χ0) is 15.2.